The zero-order valence-electron chi connectivity index (χ0n) is 15.7. The number of hydrogen-bond donors (Lipinski definition) is 2. The van der Waals surface area contributed by atoms with Crippen LogP contribution in [0.25, 0.3) is 0 Å². The van der Waals surface area contributed by atoms with Crippen molar-refractivity contribution in [3.63, 3.8) is 0 Å². The lowest BCUT2D eigenvalue weighted by Gasteiger charge is -2.29. The van der Waals surface area contributed by atoms with Gasteiger partial charge in [-0.3, -0.25) is 9.52 Å². The summed E-state index contributed by atoms with van der Waals surface area (Å²) in [5, 5.41) is 3.07. The van der Waals surface area contributed by atoms with Gasteiger partial charge in [-0.05, 0) is 61.6 Å². The molecule has 0 aromatic heterocycles. The third-order valence-electron chi connectivity index (χ3n) is 5.10. The fraction of sp³-hybridized carbons (Fsp3) is 0.381. The van der Waals surface area contributed by atoms with Gasteiger partial charge in [0.1, 0.15) is 0 Å². The van der Waals surface area contributed by atoms with Gasteiger partial charge in [-0.1, -0.05) is 38.0 Å². The monoisotopic (exact) mass is 386 g/mol. The number of rotatable bonds is 5. The third-order valence-corrected chi connectivity index (χ3v) is 6.48. The van der Waals surface area contributed by atoms with Crippen molar-refractivity contribution in [2.75, 3.05) is 4.72 Å². The van der Waals surface area contributed by atoms with Crippen LogP contribution in [-0.4, -0.2) is 20.4 Å². The highest BCUT2D eigenvalue weighted by Gasteiger charge is 2.24. The maximum absolute atomic E-state index is 12.7. The minimum absolute atomic E-state index is 0.0772. The smallest absolute Gasteiger partial charge is 0.261 e. The Morgan fingerprint density at radius 1 is 1.04 bits per heavy atom. The molecule has 0 heterocycles. The van der Waals surface area contributed by atoms with Gasteiger partial charge in [-0.15, -0.1) is 0 Å². The Labute approximate surface area is 161 Å². The van der Waals surface area contributed by atoms with Gasteiger partial charge in [0.25, 0.3) is 15.9 Å². The van der Waals surface area contributed by atoms with Crippen LogP contribution in [0.5, 0.6) is 0 Å². The minimum atomic E-state index is -3.76. The molecule has 0 unspecified atom stereocenters. The van der Waals surface area contributed by atoms with E-state index in [-0.39, 0.29) is 16.8 Å². The molecule has 27 heavy (non-hydrogen) atoms. The number of carbonyl (C=O) groups is 1. The second-order valence-corrected chi connectivity index (χ2v) is 9.03. The van der Waals surface area contributed by atoms with E-state index in [1.807, 2.05) is 13.0 Å². The normalized spacial score (nSPS) is 20.1. The molecule has 1 fully saturated rings. The number of sulfonamides is 1. The van der Waals surface area contributed by atoms with Gasteiger partial charge in [0.05, 0.1) is 4.90 Å². The molecule has 2 aromatic rings. The van der Waals surface area contributed by atoms with Crippen molar-refractivity contribution in [3.8, 4) is 0 Å². The molecule has 1 aliphatic rings. The first-order chi connectivity index (χ1) is 12.8. The topological polar surface area (TPSA) is 75.3 Å². The lowest BCUT2D eigenvalue weighted by molar-refractivity contribution is 0.0910. The molecule has 144 valence electrons. The number of benzene rings is 2. The average molecular weight is 387 g/mol. The standard InChI is InChI=1S/C21H26N2O3S/c1-15-7-5-10-18(13-15)23-27(25,26)19-11-6-9-17(14-19)21(24)22-20-12-4-3-8-16(20)2/h5-7,9-11,13-14,16,20,23H,3-4,8,12H2,1-2H3,(H,22,24)/t16-,20+/m0/s1. The van der Waals surface area contributed by atoms with E-state index in [1.54, 1.807) is 30.3 Å². The first-order valence-corrected chi connectivity index (χ1v) is 10.8. The van der Waals surface area contributed by atoms with E-state index in [0.29, 0.717) is 17.2 Å². The highest BCUT2D eigenvalue weighted by atomic mass is 32.2. The van der Waals surface area contributed by atoms with Crippen molar-refractivity contribution in [2.45, 2.75) is 50.5 Å². The molecule has 1 saturated carbocycles. The van der Waals surface area contributed by atoms with E-state index in [0.717, 1.165) is 24.8 Å². The van der Waals surface area contributed by atoms with E-state index in [2.05, 4.69) is 17.0 Å². The first kappa shape index (κ1) is 19.4. The molecule has 1 amide bonds. The van der Waals surface area contributed by atoms with Gasteiger partial charge in [0.2, 0.25) is 0 Å². The van der Waals surface area contributed by atoms with E-state index in [1.165, 1.54) is 18.6 Å². The Balaban J connectivity index is 1.76. The number of anilines is 1. The predicted octanol–water partition coefficient (Wildman–Crippen LogP) is 4.10. The highest BCUT2D eigenvalue weighted by Crippen LogP contribution is 2.24. The fourth-order valence-electron chi connectivity index (χ4n) is 3.51. The average Bonchev–Trinajstić information content (AvgIpc) is 2.63. The predicted molar refractivity (Wildman–Crippen MR) is 107 cm³/mol. The Morgan fingerprint density at radius 3 is 2.52 bits per heavy atom. The summed E-state index contributed by atoms with van der Waals surface area (Å²) in [6.45, 7) is 4.05. The van der Waals surface area contributed by atoms with Crippen LogP contribution in [0.4, 0.5) is 5.69 Å². The van der Waals surface area contributed by atoms with Gasteiger partial charge < -0.3 is 5.32 Å². The first-order valence-electron chi connectivity index (χ1n) is 9.35. The fourth-order valence-corrected chi connectivity index (χ4v) is 4.60. The zero-order chi connectivity index (χ0) is 19.4. The molecular weight excluding hydrogens is 360 g/mol. The molecule has 0 aliphatic heterocycles. The van der Waals surface area contributed by atoms with Gasteiger partial charge in [0, 0.05) is 17.3 Å². The number of amides is 1. The summed E-state index contributed by atoms with van der Waals surface area (Å²) in [5.74, 6) is 0.221. The maximum atomic E-state index is 12.7. The van der Waals surface area contributed by atoms with Crippen LogP contribution in [0.3, 0.4) is 0 Å². The number of hydrogen-bond acceptors (Lipinski definition) is 3. The highest BCUT2D eigenvalue weighted by molar-refractivity contribution is 7.92. The van der Waals surface area contributed by atoms with Crippen LogP contribution in [-0.2, 0) is 10.0 Å². The van der Waals surface area contributed by atoms with Crippen LogP contribution >= 0.6 is 0 Å². The van der Waals surface area contributed by atoms with Crippen molar-refractivity contribution in [1.29, 1.82) is 0 Å². The van der Waals surface area contributed by atoms with E-state index < -0.39 is 10.0 Å². The quantitative estimate of drug-likeness (QED) is 0.812. The molecule has 1 aliphatic carbocycles. The van der Waals surface area contributed by atoms with E-state index >= 15 is 0 Å². The summed E-state index contributed by atoms with van der Waals surface area (Å²) in [5.41, 5.74) is 1.82. The van der Waals surface area contributed by atoms with Crippen molar-refractivity contribution in [3.05, 3.63) is 59.7 Å². The number of aryl methyl sites for hydroxylation is 1. The van der Waals surface area contributed by atoms with Crippen molar-refractivity contribution >= 4 is 21.6 Å². The summed E-state index contributed by atoms with van der Waals surface area (Å²) in [7, 11) is -3.76. The molecule has 2 aromatic carbocycles. The summed E-state index contributed by atoms with van der Waals surface area (Å²) < 4.78 is 27.9. The van der Waals surface area contributed by atoms with Crippen molar-refractivity contribution < 1.29 is 13.2 Å². The van der Waals surface area contributed by atoms with Crippen LogP contribution in [0, 0.1) is 12.8 Å². The summed E-state index contributed by atoms with van der Waals surface area (Å²) in [4.78, 5) is 12.7. The summed E-state index contributed by atoms with van der Waals surface area (Å²) >= 11 is 0. The van der Waals surface area contributed by atoms with Crippen LogP contribution in [0.15, 0.2) is 53.4 Å². The molecule has 3 rings (SSSR count). The Bertz CT molecular complexity index is 925. The molecule has 5 nitrogen and oxygen atoms in total. The molecule has 0 bridgehead atoms. The van der Waals surface area contributed by atoms with Crippen LogP contribution in [0.1, 0.15) is 48.5 Å². The van der Waals surface area contributed by atoms with Gasteiger partial charge >= 0.3 is 0 Å². The Hall–Kier alpha value is -2.34. The molecule has 0 spiro atoms. The Morgan fingerprint density at radius 2 is 1.78 bits per heavy atom. The van der Waals surface area contributed by atoms with E-state index in [9.17, 15) is 13.2 Å². The summed E-state index contributed by atoms with van der Waals surface area (Å²) in [6.07, 6.45) is 4.40. The van der Waals surface area contributed by atoms with Crippen molar-refractivity contribution in [2.24, 2.45) is 5.92 Å². The third kappa shape index (κ3) is 4.89. The zero-order valence-corrected chi connectivity index (χ0v) is 16.6. The number of carbonyl (C=O) groups excluding carboxylic acids is 1. The van der Waals surface area contributed by atoms with E-state index in [4.69, 9.17) is 0 Å². The molecule has 0 saturated heterocycles. The van der Waals surface area contributed by atoms with Gasteiger partial charge in [0.15, 0.2) is 0 Å². The van der Waals surface area contributed by atoms with Crippen molar-refractivity contribution in [1.82, 2.24) is 5.32 Å². The Kier molecular flexibility index (Phi) is 5.85. The minimum Gasteiger partial charge on any atom is -0.349 e. The SMILES string of the molecule is Cc1cccc(NS(=O)(=O)c2cccc(C(=O)N[C@@H]3CCCC[C@@H]3C)c2)c1. The number of nitrogens with one attached hydrogen (secondary N) is 2. The molecule has 2 N–H and O–H groups in total. The summed E-state index contributed by atoms with van der Waals surface area (Å²) in [6, 6.07) is 13.5. The molecule has 0 radical (unpaired) electrons. The molecular formula is C21H26N2O3S. The van der Waals surface area contributed by atoms with Gasteiger partial charge in [-0.25, -0.2) is 8.42 Å². The lowest BCUT2D eigenvalue weighted by atomic mass is 9.86. The largest absolute Gasteiger partial charge is 0.349 e. The lowest BCUT2D eigenvalue weighted by Crippen LogP contribution is -2.41. The molecule has 2 atom stereocenters. The van der Waals surface area contributed by atoms with Gasteiger partial charge in [-0.2, -0.15) is 0 Å². The van der Waals surface area contributed by atoms with Crippen LogP contribution in [0.2, 0.25) is 0 Å². The second kappa shape index (κ2) is 8.13. The van der Waals surface area contributed by atoms with Crippen LogP contribution < -0.4 is 10.0 Å². The second-order valence-electron chi connectivity index (χ2n) is 7.34. The maximum Gasteiger partial charge on any atom is 0.261 e. The molecule has 6 heteroatoms.